The van der Waals surface area contributed by atoms with Gasteiger partial charge in [0.25, 0.3) is 5.69 Å². The number of carbonyl (C=O) groups is 2. The van der Waals surface area contributed by atoms with Gasteiger partial charge in [-0.1, -0.05) is 16.3 Å². The Hall–Kier alpha value is -3.82. The molecule has 1 aromatic carbocycles. The van der Waals surface area contributed by atoms with Gasteiger partial charge in [0.1, 0.15) is 26.3 Å². The number of nitro benzene ring substituents is 1. The number of nitrogens with zero attached hydrogens (tertiary/aromatic N) is 7. The summed E-state index contributed by atoms with van der Waals surface area (Å²) in [6, 6.07) is 4.19. The standard InChI is InChI=1S/C12H11N7O6/c13-17-15-4-10(20)24-6-8-2-1-3-9(12(8)19(22)23)7-25-11(21)5-16-18-14/h1-3H,4-7H2. The van der Waals surface area contributed by atoms with E-state index in [4.69, 9.17) is 20.5 Å². The summed E-state index contributed by atoms with van der Waals surface area (Å²) in [5.74, 6) is -1.70. The minimum atomic E-state index is -0.849. The van der Waals surface area contributed by atoms with Crippen molar-refractivity contribution >= 4 is 17.6 Å². The predicted molar refractivity (Wildman–Crippen MR) is 80.7 cm³/mol. The van der Waals surface area contributed by atoms with E-state index in [0.717, 1.165) is 0 Å². The fourth-order valence-electron chi connectivity index (χ4n) is 1.70. The van der Waals surface area contributed by atoms with Crippen molar-refractivity contribution in [1.29, 1.82) is 0 Å². The molecule has 0 radical (unpaired) electrons. The molecule has 0 aromatic heterocycles. The second-order valence-corrected chi connectivity index (χ2v) is 4.28. The highest BCUT2D eigenvalue weighted by Gasteiger charge is 2.21. The predicted octanol–water partition coefficient (Wildman–Crippen LogP) is 2.30. The Bertz CT molecular complexity index is 713. The molecule has 0 atom stereocenters. The van der Waals surface area contributed by atoms with E-state index in [-0.39, 0.29) is 16.8 Å². The zero-order valence-electron chi connectivity index (χ0n) is 12.6. The maximum Gasteiger partial charge on any atom is 0.312 e. The molecule has 0 aliphatic heterocycles. The van der Waals surface area contributed by atoms with Gasteiger partial charge in [-0.25, -0.2) is 0 Å². The zero-order chi connectivity index (χ0) is 18.7. The van der Waals surface area contributed by atoms with Gasteiger partial charge in [-0.05, 0) is 23.2 Å². The molecule has 1 rings (SSSR count). The molecule has 0 heterocycles. The first-order valence-electron chi connectivity index (χ1n) is 6.57. The number of azide groups is 2. The SMILES string of the molecule is [N-]=[N+]=NCC(=O)OCc1cccc(COC(=O)CN=[N+]=[N-])c1[N+](=O)[O-]. The third-order valence-corrected chi connectivity index (χ3v) is 2.69. The van der Waals surface area contributed by atoms with Crippen LogP contribution in [0.3, 0.4) is 0 Å². The van der Waals surface area contributed by atoms with E-state index >= 15 is 0 Å². The highest BCUT2D eigenvalue weighted by molar-refractivity contribution is 5.72. The smallest absolute Gasteiger partial charge is 0.312 e. The molecule has 13 nitrogen and oxygen atoms in total. The third-order valence-electron chi connectivity index (χ3n) is 2.69. The quantitative estimate of drug-likeness (QED) is 0.164. The Balaban J connectivity index is 2.87. The molecule has 0 saturated heterocycles. The lowest BCUT2D eigenvalue weighted by Crippen LogP contribution is -2.11. The lowest BCUT2D eigenvalue weighted by Gasteiger charge is -2.09. The first-order valence-corrected chi connectivity index (χ1v) is 6.57. The minimum Gasteiger partial charge on any atom is -0.460 e. The average Bonchev–Trinajstić information content (AvgIpc) is 2.60. The molecule has 0 unspecified atom stereocenters. The van der Waals surface area contributed by atoms with Crippen molar-refractivity contribution in [2.24, 2.45) is 10.2 Å². The van der Waals surface area contributed by atoms with Gasteiger partial charge in [0.2, 0.25) is 0 Å². The molecule has 25 heavy (non-hydrogen) atoms. The van der Waals surface area contributed by atoms with Gasteiger partial charge in [-0.15, -0.1) is 0 Å². The second-order valence-electron chi connectivity index (χ2n) is 4.28. The molecule has 13 heteroatoms. The Morgan fingerprint density at radius 2 is 1.48 bits per heavy atom. The normalized spacial score (nSPS) is 9.28. The molecule has 0 N–H and O–H groups in total. The first kappa shape index (κ1) is 19.2. The van der Waals surface area contributed by atoms with E-state index in [1.54, 1.807) is 0 Å². The average molecular weight is 349 g/mol. The van der Waals surface area contributed by atoms with Gasteiger partial charge in [0.05, 0.1) is 16.1 Å². The molecule has 0 bridgehead atoms. The summed E-state index contributed by atoms with van der Waals surface area (Å²) in [5, 5.41) is 17.3. The lowest BCUT2D eigenvalue weighted by atomic mass is 10.1. The summed E-state index contributed by atoms with van der Waals surface area (Å²) >= 11 is 0. The number of ether oxygens (including phenoxy) is 2. The highest BCUT2D eigenvalue weighted by Crippen LogP contribution is 2.25. The molecule has 0 aliphatic rings. The summed E-state index contributed by atoms with van der Waals surface area (Å²) in [5.41, 5.74) is 16.0. The van der Waals surface area contributed by atoms with Crippen LogP contribution in [-0.4, -0.2) is 30.0 Å². The van der Waals surface area contributed by atoms with Gasteiger partial charge in [0.15, 0.2) is 0 Å². The van der Waals surface area contributed by atoms with Gasteiger partial charge < -0.3 is 9.47 Å². The molecule has 1 aromatic rings. The summed E-state index contributed by atoms with van der Waals surface area (Å²) in [6.07, 6.45) is 0. The van der Waals surface area contributed by atoms with Crippen LogP contribution in [0.2, 0.25) is 0 Å². The van der Waals surface area contributed by atoms with Crippen molar-refractivity contribution in [1.82, 2.24) is 0 Å². The van der Waals surface area contributed by atoms with Gasteiger partial charge >= 0.3 is 11.9 Å². The summed E-state index contributed by atoms with van der Waals surface area (Å²) in [7, 11) is 0. The molecule has 0 aliphatic carbocycles. The van der Waals surface area contributed by atoms with Crippen molar-refractivity contribution in [2.45, 2.75) is 13.2 Å². The van der Waals surface area contributed by atoms with Gasteiger partial charge in [-0.3, -0.25) is 19.7 Å². The van der Waals surface area contributed by atoms with Crippen LogP contribution in [0.5, 0.6) is 0 Å². The van der Waals surface area contributed by atoms with Crippen LogP contribution in [0.4, 0.5) is 5.69 Å². The zero-order valence-corrected chi connectivity index (χ0v) is 12.6. The maximum absolute atomic E-state index is 11.3. The number of esters is 2. The van der Waals surface area contributed by atoms with Crippen molar-refractivity contribution in [3.63, 3.8) is 0 Å². The monoisotopic (exact) mass is 349 g/mol. The Morgan fingerprint density at radius 3 is 1.84 bits per heavy atom. The van der Waals surface area contributed by atoms with Crippen molar-refractivity contribution in [3.8, 4) is 0 Å². The van der Waals surface area contributed by atoms with Crippen LogP contribution in [0.25, 0.3) is 20.9 Å². The molecule has 0 spiro atoms. The number of rotatable bonds is 9. The number of nitro groups is 1. The fourth-order valence-corrected chi connectivity index (χ4v) is 1.70. The van der Waals surface area contributed by atoms with E-state index in [2.05, 4.69) is 20.1 Å². The Kier molecular flexibility index (Phi) is 7.73. The van der Waals surface area contributed by atoms with Crippen molar-refractivity contribution < 1.29 is 24.0 Å². The molecule has 0 fully saturated rings. The van der Waals surface area contributed by atoms with E-state index in [1.807, 2.05) is 0 Å². The van der Waals surface area contributed by atoms with E-state index < -0.39 is 43.2 Å². The maximum atomic E-state index is 11.3. The Labute approximate surface area is 139 Å². The number of hydrogen-bond acceptors (Lipinski definition) is 8. The van der Waals surface area contributed by atoms with Crippen molar-refractivity contribution in [2.75, 3.05) is 13.1 Å². The molecule has 0 amide bonds. The second kappa shape index (κ2) is 10.0. The van der Waals surface area contributed by atoms with E-state index in [1.165, 1.54) is 18.2 Å². The van der Waals surface area contributed by atoms with Crippen LogP contribution in [0, 0.1) is 10.1 Å². The summed E-state index contributed by atoms with van der Waals surface area (Å²) < 4.78 is 9.57. The number of para-hydroxylation sites is 1. The molecule has 130 valence electrons. The summed E-state index contributed by atoms with van der Waals surface area (Å²) in [4.78, 5) is 37.9. The largest absolute Gasteiger partial charge is 0.460 e. The van der Waals surface area contributed by atoms with Gasteiger partial charge in [-0.2, -0.15) is 0 Å². The summed E-state index contributed by atoms with van der Waals surface area (Å²) in [6.45, 7) is -1.92. The van der Waals surface area contributed by atoms with Crippen LogP contribution in [0.15, 0.2) is 28.4 Å². The molecular formula is C12H11N7O6. The topological polar surface area (TPSA) is 193 Å². The molecule has 0 saturated carbocycles. The van der Waals surface area contributed by atoms with Gasteiger partial charge in [0, 0.05) is 9.82 Å². The van der Waals surface area contributed by atoms with Crippen LogP contribution in [-0.2, 0) is 32.3 Å². The van der Waals surface area contributed by atoms with Crippen LogP contribution >= 0.6 is 0 Å². The third kappa shape index (κ3) is 6.44. The Morgan fingerprint density at radius 1 is 1.04 bits per heavy atom. The minimum absolute atomic E-state index is 0.0721. The number of carbonyl (C=O) groups excluding carboxylic acids is 2. The van der Waals surface area contributed by atoms with Crippen LogP contribution in [0.1, 0.15) is 11.1 Å². The number of hydrogen-bond donors (Lipinski definition) is 0. The fraction of sp³-hybridized carbons (Fsp3) is 0.333. The number of benzene rings is 1. The van der Waals surface area contributed by atoms with E-state index in [9.17, 15) is 19.7 Å². The first-order chi connectivity index (χ1) is 12.0. The van der Waals surface area contributed by atoms with E-state index in [0.29, 0.717) is 0 Å². The molecular weight excluding hydrogens is 338 g/mol. The lowest BCUT2D eigenvalue weighted by molar-refractivity contribution is -0.386. The highest BCUT2D eigenvalue weighted by atomic mass is 16.6. The van der Waals surface area contributed by atoms with Crippen LogP contribution < -0.4 is 0 Å². The van der Waals surface area contributed by atoms with Crippen molar-refractivity contribution in [3.05, 3.63) is 60.3 Å².